The van der Waals surface area contributed by atoms with Crippen LogP contribution >= 0.6 is 57.7 Å². The van der Waals surface area contributed by atoms with E-state index in [9.17, 15) is 4.79 Å². The van der Waals surface area contributed by atoms with Gasteiger partial charge in [0.2, 0.25) is 0 Å². The van der Waals surface area contributed by atoms with Crippen LogP contribution in [-0.4, -0.2) is 47.1 Å². The van der Waals surface area contributed by atoms with Crippen molar-refractivity contribution in [2.24, 2.45) is 0 Å². The molecule has 0 radical (unpaired) electrons. The Morgan fingerprint density at radius 3 is 2.67 bits per heavy atom. The van der Waals surface area contributed by atoms with Crippen LogP contribution in [0.2, 0.25) is 20.1 Å². The van der Waals surface area contributed by atoms with E-state index < -0.39 is 0 Å². The molecule has 6 rings (SSSR count). The van der Waals surface area contributed by atoms with Crippen LogP contribution in [-0.2, 0) is 22.7 Å². The van der Waals surface area contributed by atoms with Gasteiger partial charge in [-0.1, -0.05) is 58.5 Å². The second kappa shape index (κ2) is 13.3. The van der Waals surface area contributed by atoms with Crippen molar-refractivity contribution in [1.29, 1.82) is 0 Å². The van der Waals surface area contributed by atoms with Crippen LogP contribution < -0.4 is 10.1 Å². The number of hydrogen-bond acceptors (Lipinski definition) is 6. The SMILES string of the molecule is Cc1cc(Cl)c(OCCOCc2ncc(C3=C(C(=O)N(Cc4cccc(Cl)c4Cl)C4CC4)[C@H]4CC[C@@H](C3)N4)s2)c(Cl)c1C. The van der Waals surface area contributed by atoms with Crippen molar-refractivity contribution in [2.75, 3.05) is 13.2 Å². The van der Waals surface area contributed by atoms with Crippen molar-refractivity contribution in [3.63, 3.8) is 0 Å². The van der Waals surface area contributed by atoms with E-state index in [0.29, 0.717) is 58.2 Å². The van der Waals surface area contributed by atoms with Crippen molar-refractivity contribution >= 4 is 69.2 Å². The molecule has 2 atom stereocenters. The fourth-order valence-corrected chi connectivity index (χ4v) is 7.84. The Morgan fingerprint density at radius 1 is 1.07 bits per heavy atom. The summed E-state index contributed by atoms with van der Waals surface area (Å²) in [5, 5.41) is 6.56. The molecule has 1 amide bonds. The van der Waals surface area contributed by atoms with Gasteiger partial charge in [0.25, 0.3) is 5.91 Å². The largest absolute Gasteiger partial charge is 0.488 e. The summed E-state index contributed by atoms with van der Waals surface area (Å²) in [5.41, 5.74) is 4.80. The Kier molecular flexibility index (Phi) is 9.60. The smallest absolute Gasteiger partial charge is 0.252 e. The van der Waals surface area contributed by atoms with Crippen molar-refractivity contribution in [1.82, 2.24) is 15.2 Å². The number of amides is 1. The Labute approximate surface area is 276 Å². The zero-order valence-corrected chi connectivity index (χ0v) is 27.9. The lowest BCUT2D eigenvalue weighted by molar-refractivity contribution is -0.128. The van der Waals surface area contributed by atoms with Crippen LogP contribution in [0.15, 0.2) is 36.0 Å². The highest BCUT2D eigenvalue weighted by atomic mass is 35.5. The molecule has 6 nitrogen and oxygen atoms in total. The number of ether oxygens (including phenoxy) is 2. The summed E-state index contributed by atoms with van der Waals surface area (Å²) in [6.07, 6.45) is 6.70. The van der Waals surface area contributed by atoms with E-state index in [4.69, 9.17) is 55.9 Å². The van der Waals surface area contributed by atoms with Crippen LogP contribution in [0.1, 0.15) is 58.7 Å². The first kappa shape index (κ1) is 31.2. The van der Waals surface area contributed by atoms with Gasteiger partial charge in [0, 0.05) is 36.4 Å². The van der Waals surface area contributed by atoms with E-state index in [2.05, 4.69) is 10.3 Å². The standard InChI is InChI=1S/C32H33Cl4N3O3S/c1-17-12-24(34)31(29(35)18(17)2)42-11-10-41-16-27-37-14-26(43-27)22-13-20-6-9-25(38-20)28(22)32(40)39(21-7-8-21)15-19-4-3-5-23(33)30(19)36/h3-5,12,14,20-21,25,38H,6-11,13,15-16H2,1-2H3/t20-,25+/m0/s1. The number of nitrogens with one attached hydrogen (secondary N) is 1. The quantitative estimate of drug-likeness (QED) is 0.206. The molecule has 0 spiro atoms. The number of carbonyl (C=O) groups excluding carboxylic acids is 1. The molecule has 1 saturated heterocycles. The van der Waals surface area contributed by atoms with Gasteiger partial charge in [0.1, 0.15) is 11.6 Å². The predicted molar refractivity (Wildman–Crippen MR) is 175 cm³/mol. The fourth-order valence-electron chi connectivity index (χ4n) is 5.87. The lowest BCUT2D eigenvalue weighted by Gasteiger charge is -2.31. The molecular formula is C32H33Cl4N3O3S. The number of halogens is 4. The minimum absolute atomic E-state index is 0.0420. The molecule has 11 heteroatoms. The van der Waals surface area contributed by atoms with Gasteiger partial charge < -0.3 is 19.7 Å². The van der Waals surface area contributed by atoms with E-state index in [1.54, 1.807) is 17.4 Å². The van der Waals surface area contributed by atoms with E-state index >= 15 is 0 Å². The van der Waals surface area contributed by atoms with E-state index in [-0.39, 0.29) is 18.0 Å². The van der Waals surface area contributed by atoms with Crippen molar-refractivity contribution in [3.8, 4) is 5.75 Å². The summed E-state index contributed by atoms with van der Waals surface area (Å²) in [4.78, 5) is 21.9. The minimum atomic E-state index is 0.0420. The molecule has 3 aromatic rings. The number of aryl methyl sites for hydroxylation is 1. The summed E-state index contributed by atoms with van der Waals surface area (Å²) in [6.45, 7) is 5.37. The van der Waals surface area contributed by atoms with Gasteiger partial charge in [-0.15, -0.1) is 11.3 Å². The van der Waals surface area contributed by atoms with Gasteiger partial charge in [0.05, 0.1) is 38.2 Å². The lowest BCUT2D eigenvalue weighted by atomic mass is 9.93. The average molecular weight is 682 g/mol. The molecular weight excluding hydrogens is 648 g/mol. The molecule has 1 aliphatic carbocycles. The summed E-state index contributed by atoms with van der Waals surface area (Å²) in [7, 11) is 0. The van der Waals surface area contributed by atoms with Crippen LogP contribution in [0.25, 0.3) is 5.57 Å². The zero-order valence-electron chi connectivity index (χ0n) is 24.0. The third-order valence-corrected chi connectivity index (χ3v) is 11.1. The minimum Gasteiger partial charge on any atom is -0.488 e. The number of nitrogens with zero attached hydrogens (tertiary/aromatic N) is 2. The van der Waals surface area contributed by atoms with Crippen LogP contribution in [0.4, 0.5) is 0 Å². The first-order chi connectivity index (χ1) is 20.7. The predicted octanol–water partition coefficient (Wildman–Crippen LogP) is 8.44. The third-order valence-electron chi connectivity index (χ3n) is 8.45. The molecule has 1 saturated carbocycles. The molecule has 0 unspecified atom stereocenters. The summed E-state index contributed by atoms with van der Waals surface area (Å²) >= 11 is 27.2. The molecule has 3 aliphatic rings. The lowest BCUT2D eigenvalue weighted by Crippen LogP contribution is -2.44. The number of fused-ring (bicyclic) bond motifs is 2. The Hall–Kier alpha value is -1.84. The second-order valence-corrected chi connectivity index (χ2v) is 14.1. The fraction of sp³-hybridized carbons (Fsp3) is 0.438. The number of thiazole rings is 1. The molecule has 1 N–H and O–H groups in total. The van der Waals surface area contributed by atoms with Gasteiger partial charge in [-0.2, -0.15) is 0 Å². The molecule has 2 bridgehead atoms. The van der Waals surface area contributed by atoms with Gasteiger partial charge in [-0.25, -0.2) is 4.98 Å². The summed E-state index contributed by atoms with van der Waals surface area (Å²) in [6, 6.07) is 8.09. The maximum atomic E-state index is 14.3. The molecule has 2 fully saturated rings. The van der Waals surface area contributed by atoms with E-state index in [0.717, 1.165) is 69.8 Å². The topological polar surface area (TPSA) is 63.7 Å². The maximum Gasteiger partial charge on any atom is 0.252 e. The number of rotatable bonds is 11. The maximum absolute atomic E-state index is 14.3. The van der Waals surface area contributed by atoms with Crippen molar-refractivity contribution in [2.45, 2.75) is 77.2 Å². The first-order valence-corrected chi connectivity index (χ1v) is 16.9. The molecule has 1 aromatic heterocycles. The molecule has 228 valence electrons. The molecule has 2 aliphatic heterocycles. The van der Waals surface area contributed by atoms with Crippen LogP contribution in [0.5, 0.6) is 5.75 Å². The second-order valence-electron chi connectivity index (χ2n) is 11.4. The summed E-state index contributed by atoms with van der Waals surface area (Å²) < 4.78 is 11.7. The normalized spacial score (nSPS) is 19.7. The van der Waals surface area contributed by atoms with Gasteiger partial charge in [-0.3, -0.25) is 4.79 Å². The van der Waals surface area contributed by atoms with E-state index in [1.807, 2.05) is 43.1 Å². The highest BCUT2D eigenvalue weighted by molar-refractivity contribution is 7.12. The monoisotopic (exact) mass is 679 g/mol. The van der Waals surface area contributed by atoms with Crippen molar-refractivity contribution in [3.05, 3.63) is 82.7 Å². The number of aromatic nitrogens is 1. The Balaban J connectivity index is 1.15. The van der Waals surface area contributed by atoms with Gasteiger partial charge >= 0.3 is 0 Å². The van der Waals surface area contributed by atoms with Gasteiger partial charge in [-0.05, 0) is 80.3 Å². The van der Waals surface area contributed by atoms with Crippen molar-refractivity contribution < 1.29 is 14.3 Å². The third kappa shape index (κ3) is 6.74. The molecule has 3 heterocycles. The zero-order chi connectivity index (χ0) is 30.2. The Morgan fingerprint density at radius 2 is 1.88 bits per heavy atom. The van der Waals surface area contributed by atoms with Crippen LogP contribution in [0.3, 0.4) is 0 Å². The number of benzene rings is 2. The highest BCUT2D eigenvalue weighted by Crippen LogP contribution is 2.42. The molecule has 43 heavy (non-hydrogen) atoms. The summed E-state index contributed by atoms with van der Waals surface area (Å²) in [5.74, 6) is 0.563. The average Bonchev–Trinajstić information content (AvgIpc) is 3.60. The van der Waals surface area contributed by atoms with Crippen LogP contribution in [0, 0.1) is 13.8 Å². The first-order valence-electron chi connectivity index (χ1n) is 14.5. The highest BCUT2D eigenvalue weighted by Gasteiger charge is 2.42. The van der Waals surface area contributed by atoms with E-state index in [1.165, 1.54) is 0 Å². The van der Waals surface area contributed by atoms with Gasteiger partial charge in [0.15, 0.2) is 5.75 Å². The number of carbonyl (C=O) groups is 1. The number of hydrogen-bond donors (Lipinski definition) is 1. The Bertz CT molecular complexity index is 1570. The molecule has 2 aromatic carbocycles.